The van der Waals surface area contributed by atoms with Crippen LogP contribution in [0.15, 0.2) is 65.8 Å². The number of hydrogen-bond acceptors (Lipinski definition) is 4. The van der Waals surface area contributed by atoms with Gasteiger partial charge in [-0.2, -0.15) is 5.10 Å². The largest absolute Gasteiger partial charge is 0.490 e. The standard InChI is InChI=1S/C19H14Cl2N4O2/c20-13-6-7-17(16(21)10-13)27-9-8-24-12-22-18-15(19(24)26)11-23-25(18)14-4-2-1-3-5-14/h1-7,10-12H,8-9H2. The second-order valence-corrected chi connectivity index (χ2v) is 6.64. The average Bonchev–Trinajstić information content (AvgIpc) is 3.11. The van der Waals surface area contributed by atoms with E-state index in [-0.39, 0.29) is 12.2 Å². The molecule has 2 aromatic carbocycles. The van der Waals surface area contributed by atoms with E-state index >= 15 is 0 Å². The summed E-state index contributed by atoms with van der Waals surface area (Å²) in [4.78, 5) is 17.1. The molecule has 2 heterocycles. The van der Waals surface area contributed by atoms with Crippen LogP contribution < -0.4 is 10.3 Å². The van der Waals surface area contributed by atoms with Gasteiger partial charge in [0, 0.05) is 5.02 Å². The molecule has 6 nitrogen and oxygen atoms in total. The zero-order valence-electron chi connectivity index (χ0n) is 14.0. The summed E-state index contributed by atoms with van der Waals surface area (Å²) in [5.41, 5.74) is 1.19. The highest BCUT2D eigenvalue weighted by Gasteiger charge is 2.11. The molecule has 136 valence electrons. The summed E-state index contributed by atoms with van der Waals surface area (Å²) in [7, 11) is 0. The third-order valence-corrected chi connectivity index (χ3v) is 4.57. The normalized spacial score (nSPS) is 11.0. The topological polar surface area (TPSA) is 61.9 Å². The van der Waals surface area contributed by atoms with Crippen molar-refractivity contribution in [2.45, 2.75) is 6.54 Å². The Balaban J connectivity index is 1.55. The first-order valence-corrected chi connectivity index (χ1v) is 8.95. The number of nitrogens with zero attached hydrogens (tertiary/aromatic N) is 4. The van der Waals surface area contributed by atoms with Crippen molar-refractivity contribution < 1.29 is 4.74 Å². The molecule has 0 aliphatic rings. The van der Waals surface area contributed by atoms with Gasteiger partial charge in [0.05, 0.1) is 23.5 Å². The lowest BCUT2D eigenvalue weighted by Gasteiger charge is -2.10. The first-order valence-electron chi connectivity index (χ1n) is 8.20. The second-order valence-electron chi connectivity index (χ2n) is 5.80. The second kappa shape index (κ2) is 7.42. The molecule has 0 amide bonds. The van der Waals surface area contributed by atoms with Crippen molar-refractivity contribution in [3.8, 4) is 11.4 Å². The maximum Gasteiger partial charge on any atom is 0.264 e. The van der Waals surface area contributed by atoms with Gasteiger partial charge in [-0.15, -0.1) is 0 Å². The minimum absolute atomic E-state index is 0.173. The van der Waals surface area contributed by atoms with E-state index in [4.69, 9.17) is 27.9 Å². The van der Waals surface area contributed by atoms with Crippen LogP contribution in [0.5, 0.6) is 5.75 Å². The van der Waals surface area contributed by atoms with Gasteiger partial charge in [-0.1, -0.05) is 41.4 Å². The Bertz CT molecular complexity index is 1160. The van der Waals surface area contributed by atoms with Gasteiger partial charge in [0.15, 0.2) is 5.65 Å². The van der Waals surface area contributed by atoms with Crippen molar-refractivity contribution in [2.24, 2.45) is 0 Å². The van der Waals surface area contributed by atoms with Crippen molar-refractivity contribution in [1.82, 2.24) is 19.3 Å². The summed E-state index contributed by atoms with van der Waals surface area (Å²) in [6.45, 7) is 0.596. The highest BCUT2D eigenvalue weighted by Crippen LogP contribution is 2.27. The van der Waals surface area contributed by atoms with E-state index in [9.17, 15) is 4.79 Å². The lowest BCUT2D eigenvalue weighted by Crippen LogP contribution is -2.23. The Morgan fingerprint density at radius 1 is 1.07 bits per heavy atom. The van der Waals surface area contributed by atoms with E-state index in [2.05, 4.69) is 10.1 Å². The number of para-hydroxylation sites is 1. The molecule has 0 saturated heterocycles. The zero-order chi connectivity index (χ0) is 18.8. The van der Waals surface area contributed by atoms with Crippen LogP contribution in [0.4, 0.5) is 0 Å². The molecule has 27 heavy (non-hydrogen) atoms. The molecule has 0 saturated carbocycles. The van der Waals surface area contributed by atoms with E-state index < -0.39 is 0 Å². The number of ether oxygens (including phenoxy) is 1. The molecule has 0 spiro atoms. The van der Waals surface area contributed by atoms with Crippen molar-refractivity contribution in [3.63, 3.8) is 0 Å². The monoisotopic (exact) mass is 400 g/mol. The summed E-state index contributed by atoms with van der Waals surface area (Å²) < 4.78 is 8.77. The van der Waals surface area contributed by atoms with Crippen LogP contribution in [-0.4, -0.2) is 25.9 Å². The van der Waals surface area contributed by atoms with Crippen molar-refractivity contribution in [3.05, 3.63) is 81.5 Å². The van der Waals surface area contributed by atoms with Gasteiger partial charge < -0.3 is 4.74 Å². The van der Waals surface area contributed by atoms with Crippen molar-refractivity contribution in [1.29, 1.82) is 0 Å². The minimum Gasteiger partial charge on any atom is -0.490 e. The molecule has 0 aliphatic heterocycles. The maximum atomic E-state index is 12.7. The Kier molecular flexibility index (Phi) is 4.83. The Morgan fingerprint density at radius 2 is 1.89 bits per heavy atom. The van der Waals surface area contributed by atoms with E-state index in [1.54, 1.807) is 22.9 Å². The molecule has 0 atom stereocenters. The highest BCUT2D eigenvalue weighted by molar-refractivity contribution is 6.35. The van der Waals surface area contributed by atoms with Crippen molar-refractivity contribution in [2.75, 3.05) is 6.61 Å². The lowest BCUT2D eigenvalue weighted by atomic mass is 10.3. The van der Waals surface area contributed by atoms with E-state index in [1.807, 2.05) is 30.3 Å². The molecular weight excluding hydrogens is 387 g/mol. The minimum atomic E-state index is -0.173. The molecule has 8 heteroatoms. The van der Waals surface area contributed by atoms with Crippen LogP contribution >= 0.6 is 23.2 Å². The molecule has 0 aliphatic carbocycles. The summed E-state index contributed by atoms with van der Waals surface area (Å²) in [5.74, 6) is 0.514. The maximum absolute atomic E-state index is 12.7. The predicted molar refractivity (Wildman–Crippen MR) is 105 cm³/mol. The Labute approximate surface area is 164 Å². The van der Waals surface area contributed by atoms with E-state index in [0.717, 1.165) is 5.69 Å². The average molecular weight is 401 g/mol. The van der Waals surface area contributed by atoms with E-state index in [1.165, 1.54) is 17.1 Å². The summed E-state index contributed by atoms with van der Waals surface area (Å²) in [6, 6.07) is 14.5. The molecule has 4 aromatic rings. The van der Waals surface area contributed by atoms with Crippen LogP contribution in [0.3, 0.4) is 0 Å². The number of benzene rings is 2. The van der Waals surface area contributed by atoms with Gasteiger partial charge in [0.2, 0.25) is 0 Å². The van der Waals surface area contributed by atoms with Crippen LogP contribution in [0.2, 0.25) is 10.0 Å². The number of fused-ring (bicyclic) bond motifs is 1. The van der Waals surface area contributed by atoms with Gasteiger partial charge >= 0.3 is 0 Å². The van der Waals surface area contributed by atoms with Crippen LogP contribution in [0.1, 0.15) is 0 Å². The molecular formula is C19H14Cl2N4O2. The first kappa shape index (κ1) is 17.6. The fourth-order valence-electron chi connectivity index (χ4n) is 2.71. The van der Waals surface area contributed by atoms with Crippen LogP contribution in [0, 0.1) is 0 Å². The third-order valence-electron chi connectivity index (χ3n) is 4.04. The molecule has 2 aromatic heterocycles. The van der Waals surface area contributed by atoms with Crippen LogP contribution in [-0.2, 0) is 6.54 Å². The van der Waals surface area contributed by atoms with Gasteiger partial charge in [-0.3, -0.25) is 9.36 Å². The fraction of sp³-hybridized carbons (Fsp3) is 0.105. The quantitative estimate of drug-likeness (QED) is 0.508. The molecule has 0 bridgehead atoms. The number of rotatable bonds is 5. The molecule has 0 N–H and O–H groups in total. The number of halogens is 2. The molecule has 4 rings (SSSR count). The molecule has 0 radical (unpaired) electrons. The predicted octanol–water partition coefficient (Wildman–Crippen LogP) is 3.97. The molecule has 0 unspecified atom stereocenters. The summed E-state index contributed by atoms with van der Waals surface area (Å²) in [6.07, 6.45) is 3.03. The third kappa shape index (κ3) is 3.54. The first-order chi connectivity index (χ1) is 13.1. The SMILES string of the molecule is O=c1c2cnn(-c3ccccc3)c2ncn1CCOc1ccc(Cl)cc1Cl. The Hall–Kier alpha value is -2.83. The van der Waals surface area contributed by atoms with Gasteiger partial charge in [0.1, 0.15) is 24.1 Å². The van der Waals surface area contributed by atoms with Gasteiger partial charge in [-0.25, -0.2) is 9.67 Å². The van der Waals surface area contributed by atoms with Gasteiger partial charge in [-0.05, 0) is 30.3 Å². The lowest BCUT2D eigenvalue weighted by molar-refractivity contribution is 0.296. The summed E-state index contributed by atoms with van der Waals surface area (Å²) >= 11 is 11.9. The zero-order valence-corrected chi connectivity index (χ0v) is 15.6. The highest BCUT2D eigenvalue weighted by atomic mass is 35.5. The van der Waals surface area contributed by atoms with Crippen LogP contribution in [0.25, 0.3) is 16.7 Å². The van der Waals surface area contributed by atoms with Crippen molar-refractivity contribution >= 4 is 34.2 Å². The summed E-state index contributed by atoms with van der Waals surface area (Å²) in [5, 5.41) is 5.70. The van der Waals surface area contributed by atoms with E-state index in [0.29, 0.717) is 33.4 Å². The number of hydrogen-bond donors (Lipinski definition) is 0. The smallest absolute Gasteiger partial charge is 0.264 e. The Morgan fingerprint density at radius 3 is 2.67 bits per heavy atom. The molecule has 0 fully saturated rings. The van der Waals surface area contributed by atoms with Gasteiger partial charge in [0.25, 0.3) is 5.56 Å². The number of aromatic nitrogens is 4. The fourth-order valence-corrected chi connectivity index (χ4v) is 3.18.